The minimum atomic E-state index is -1.58. The number of nitrogens with zero attached hydrogens (tertiary/aromatic N) is 2. The van der Waals surface area contributed by atoms with Crippen LogP contribution in [0.2, 0.25) is 0 Å². The molecule has 2 N–H and O–H groups in total. The number of aliphatic imine (C=N–C) groups is 2. The molecular weight excluding hydrogens is 514 g/mol. The number of hydrogen-bond donors (Lipinski definition) is 1. The highest BCUT2D eigenvalue weighted by Crippen LogP contribution is 2.65. The van der Waals surface area contributed by atoms with Gasteiger partial charge in [0.25, 0.3) is 0 Å². The predicted molar refractivity (Wildman–Crippen MR) is 126 cm³/mol. The molecule has 194 valence electrons. The summed E-state index contributed by atoms with van der Waals surface area (Å²) in [6.07, 6.45) is 1.79. The van der Waals surface area contributed by atoms with E-state index in [2.05, 4.69) is 9.98 Å². The van der Waals surface area contributed by atoms with Crippen LogP contribution in [-0.4, -0.2) is 40.7 Å². The molecule has 0 unspecified atom stereocenters. The molecule has 0 radical (unpaired) electrons. The third kappa shape index (κ3) is 4.99. The molecular formula is C25H21F4N3O4S. The quantitative estimate of drug-likeness (QED) is 0.430. The van der Waals surface area contributed by atoms with Crippen molar-refractivity contribution in [1.82, 2.24) is 0 Å². The first-order valence-electron chi connectivity index (χ1n) is 11.4. The second-order valence-corrected chi connectivity index (χ2v) is 10.3. The predicted octanol–water partition coefficient (Wildman–Crippen LogP) is 3.54. The summed E-state index contributed by atoms with van der Waals surface area (Å²) < 4.78 is 64.9. The third-order valence-electron chi connectivity index (χ3n) is 6.82. The molecule has 0 aromatic heterocycles. The lowest BCUT2D eigenvalue weighted by molar-refractivity contribution is -0.153. The van der Waals surface area contributed by atoms with Crippen LogP contribution < -0.4 is 5.73 Å². The molecule has 0 spiro atoms. The van der Waals surface area contributed by atoms with Gasteiger partial charge < -0.3 is 15.2 Å². The number of halogens is 4. The van der Waals surface area contributed by atoms with E-state index in [4.69, 9.17) is 15.2 Å². The summed E-state index contributed by atoms with van der Waals surface area (Å²) >= 11 is 1.30. The zero-order valence-electron chi connectivity index (χ0n) is 19.2. The van der Waals surface area contributed by atoms with Gasteiger partial charge in [0.05, 0.1) is 12.5 Å². The van der Waals surface area contributed by atoms with Crippen molar-refractivity contribution in [3.05, 3.63) is 70.8 Å². The van der Waals surface area contributed by atoms with E-state index in [9.17, 15) is 27.2 Å². The number of nitrogens with two attached hydrogens (primary N) is 1. The van der Waals surface area contributed by atoms with Crippen LogP contribution in [0.5, 0.6) is 0 Å². The van der Waals surface area contributed by atoms with Crippen LogP contribution in [0.3, 0.4) is 0 Å². The van der Waals surface area contributed by atoms with Crippen molar-refractivity contribution in [3.63, 3.8) is 0 Å². The van der Waals surface area contributed by atoms with E-state index in [1.54, 1.807) is 6.21 Å². The largest absolute Gasteiger partial charge is 0.460 e. The SMILES string of the molecule is N[C@@]1(C(=O)OCc2ccc(F)cc2F)C[C@H](SC2=NCC=N2)[C@H]2[C@H](C(=O)OCc3ccc(F)cc3F)[C@H]21. The molecule has 2 aromatic carbocycles. The van der Waals surface area contributed by atoms with E-state index < -0.39 is 65.8 Å². The van der Waals surface area contributed by atoms with Crippen LogP contribution >= 0.6 is 11.8 Å². The molecule has 2 saturated carbocycles. The maximum Gasteiger partial charge on any atom is 0.326 e. The van der Waals surface area contributed by atoms with Gasteiger partial charge in [-0.15, -0.1) is 0 Å². The van der Waals surface area contributed by atoms with Gasteiger partial charge in [-0.05, 0) is 36.6 Å². The van der Waals surface area contributed by atoms with Gasteiger partial charge in [-0.3, -0.25) is 14.6 Å². The number of ether oxygens (including phenoxy) is 2. The van der Waals surface area contributed by atoms with Gasteiger partial charge in [-0.1, -0.05) is 11.8 Å². The Morgan fingerprint density at radius 2 is 1.62 bits per heavy atom. The molecule has 0 amide bonds. The summed E-state index contributed by atoms with van der Waals surface area (Å²) in [5.41, 5.74) is 4.92. The van der Waals surface area contributed by atoms with Gasteiger partial charge in [0.1, 0.15) is 42.0 Å². The average molecular weight is 536 g/mol. The lowest BCUT2D eigenvalue weighted by atomic mass is 9.91. The molecule has 1 aliphatic heterocycles. The standard InChI is InChI=1S/C25H21F4N3O4S/c26-14-3-1-12(16(28)7-14)10-35-22(33)20-19-18(37-24-31-5-6-32-24)9-25(30,21(19)20)23(34)36-11-13-2-4-15(27)8-17(13)29/h1-5,7-8,18-21H,6,9-11,30H2/t18-,19-,20-,21-,25-/m0/s1. The fraction of sp³-hybridized carbons (Fsp3) is 0.360. The molecule has 3 aliphatic rings. The van der Waals surface area contributed by atoms with Gasteiger partial charge in [-0.25, -0.2) is 22.6 Å². The Kier molecular flexibility index (Phi) is 6.80. The summed E-state index contributed by atoms with van der Waals surface area (Å²) in [4.78, 5) is 34.5. The Balaban J connectivity index is 1.30. The van der Waals surface area contributed by atoms with Crippen molar-refractivity contribution in [2.75, 3.05) is 6.54 Å². The third-order valence-corrected chi connectivity index (χ3v) is 8.05. The molecule has 5 rings (SSSR count). The highest BCUT2D eigenvalue weighted by molar-refractivity contribution is 8.14. The van der Waals surface area contributed by atoms with Gasteiger partial charge in [-0.2, -0.15) is 0 Å². The smallest absolute Gasteiger partial charge is 0.326 e. The summed E-state index contributed by atoms with van der Waals surface area (Å²) in [7, 11) is 0. The second kappa shape index (κ2) is 9.90. The molecule has 2 fully saturated rings. The van der Waals surface area contributed by atoms with E-state index >= 15 is 0 Å². The van der Waals surface area contributed by atoms with E-state index in [1.807, 2.05) is 0 Å². The van der Waals surface area contributed by atoms with Crippen LogP contribution in [0.4, 0.5) is 17.6 Å². The molecule has 5 atom stereocenters. The van der Waals surface area contributed by atoms with Crippen LogP contribution in [0, 0.1) is 41.0 Å². The highest BCUT2D eigenvalue weighted by atomic mass is 32.2. The number of amidine groups is 1. The van der Waals surface area contributed by atoms with E-state index in [-0.39, 0.29) is 28.7 Å². The molecule has 7 nitrogen and oxygen atoms in total. The topological polar surface area (TPSA) is 103 Å². The number of carbonyl (C=O) groups is 2. The van der Waals surface area contributed by atoms with Crippen molar-refractivity contribution >= 4 is 35.1 Å². The average Bonchev–Trinajstić information content (AvgIpc) is 3.27. The Morgan fingerprint density at radius 1 is 1.00 bits per heavy atom. The normalized spacial score (nSPS) is 27.5. The van der Waals surface area contributed by atoms with Crippen LogP contribution in [0.1, 0.15) is 17.5 Å². The summed E-state index contributed by atoms with van der Waals surface area (Å²) in [5, 5.41) is 0.196. The minimum Gasteiger partial charge on any atom is -0.460 e. The summed E-state index contributed by atoms with van der Waals surface area (Å²) in [6, 6.07) is 5.81. The van der Waals surface area contributed by atoms with E-state index in [1.165, 1.54) is 23.9 Å². The van der Waals surface area contributed by atoms with Gasteiger partial charge in [0, 0.05) is 40.6 Å². The fourth-order valence-corrected chi connectivity index (χ4v) is 6.40. The van der Waals surface area contributed by atoms with Crippen LogP contribution in [0.25, 0.3) is 0 Å². The first-order chi connectivity index (χ1) is 17.7. The first-order valence-corrected chi connectivity index (χ1v) is 12.3. The van der Waals surface area contributed by atoms with Crippen molar-refractivity contribution in [3.8, 4) is 0 Å². The highest BCUT2D eigenvalue weighted by Gasteiger charge is 2.74. The molecule has 1 heterocycles. The van der Waals surface area contributed by atoms with Crippen LogP contribution in [0.15, 0.2) is 46.4 Å². The fourth-order valence-electron chi connectivity index (χ4n) is 4.99. The molecule has 12 heteroatoms. The Hall–Kier alpha value is -3.25. The maximum atomic E-state index is 14.0. The lowest BCUT2D eigenvalue weighted by Crippen LogP contribution is -2.51. The molecule has 0 bridgehead atoms. The summed E-state index contributed by atoms with van der Waals surface area (Å²) in [5.74, 6) is -6.48. The van der Waals surface area contributed by atoms with Gasteiger partial charge in [0.15, 0.2) is 5.17 Å². The number of thioether (sulfide) groups is 1. The van der Waals surface area contributed by atoms with Gasteiger partial charge in [0.2, 0.25) is 0 Å². The summed E-state index contributed by atoms with van der Waals surface area (Å²) in [6.45, 7) is -0.451. The monoisotopic (exact) mass is 535 g/mol. The lowest BCUT2D eigenvalue weighted by Gasteiger charge is -2.27. The zero-order valence-corrected chi connectivity index (χ0v) is 20.0. The van der Waals surface area contributed by atoms with Crippen molar-refractivity contribution in [2.45, 2.75) is 30.4 Å². The maximum absolute atomic E-state index is 14.0. The van der Waals surface area contributed by atoms with Crippen molar-refractivity contribution in [1.29, 1.82) is 0 Å². The molecule has 37 heavy (non-hydrogen) atoms. The molecule has 2 aromatic rings. The number of hydrogen-bond acceptors (Lipinski definition) is 8. The molecule has 0 saturated heterocycles. The van der Waals surface area contributed by atoms with Crippen molar-refractivity contribution < 1.29 is 36.6 Å². The zero-order chi connectivity index (χ0) is 26.3. The number of rotatable bonds is 7. The minimum absolute atomic E-state index is 0.000814. The Labute approximate surface area is 213 Å². The Morgan fingerprint density at radius 3 is 2.19 bits per heavy atom. The number of benzene rings is 2. The van der Waals surface area contributed by atoms with E-state index in [0.717, 1.165) is 12.1 Å². The number of esters is 2. The molecule has 2 aliphatic carbocycles. The number of fused-ring (bicyclic) bond motifs is 1. The number of carbonyl (C=O) groups excluding carboxylic acids is 2. The first kappa shape index (κ1) is 25.4. The van der Waals surface area contributed by atoms with Crippen LogP contribution in [-0.2, 0) is 32.3 Å². The van der Waals surface area contributed by atoms with Gasteiger partial charge >= 0.3 is 11.9 Å². The van der Waals surface area contributed by atoms with E-state index in [0.29, 0.717) is 23.8 Å². The second-order valence-electron chi connectivity index (χ2n) is 9.12. The Bertz CT molecular complexity index is 1320. The van der Waals surface area contributed by atoms with Crippen molar-refractivity contribution in [2.24, 2.45) is 33.5 Å².